The first-order valence-electron chi connectivity index (χ1n) is 3.99. The summed E-state index contributed by atoms with van der Waals surface area (Å²) in [7, 11) is 0.0459. The third-order valence-electron chi connectivity index (χ3n) is 1.57. The van der Waals surface area contributed by atoms with Crippen LogP contribution in [-0.2, 0) is 6.54 Å². The quantitative estimate of drug-likeness (QED) is 0.560. The van der Waals surface area contributed by atoms with Crippen molar-refractivity contribution in [2.75, 3.05) is 7.05 Å². The Morgan fingerprint density at radius 3 is 2.69 bits per heavy atom. The lowest BCUT2D eigenvalue weighted by Crippen LogP contribution is -2.22. The van der Waals surface area contributed by atoms with Crippen molar-refractivity contribution in [3.8, 4) is 5.75 Å². The van der Waals surface area contributed by atoms with Crippen LogP contribution in [0, 0.1) is 0 Å². The zero-order valence-corrected chi connectivity index (χ0v) is 7.40. The molecular weight excluding hydrogens is 169 g/mol. The Kier molecular flexibility index (Phi) is 3.76. The highest BCUT2D eigenvalue weighted by Gasteiger charge is 2.12. The van der Waals surface area contributed by atoms with Crippen LogP contribution >= 0.6 is 0 Å². The third kappa shape index (κ3) is 3.06. The maximum atomic E-state index is 8.61. The molecule has 0 aliphatic heterocycles. The van der Waals surface area contributed by atoms with Gasteiger partial charge in [0.1, 0.15) is 5.75 Å². The van der Waals surface area contributed by atoms with Gasteiger partial charge in [-0.15, -0.1) is 0 Å². The van der Waals surface area contributed by atoms with Crippen molar-refractivity contribution in [3.63, 3.8) is 0 Å². The fourth-order valence-electron chi connectivity index (χ4n) is 1.07. The predicted molar refractivity (Wildman–Crippen MR) is 50.0 cm³/mol. The molecule has 0 aliphatic carbocycles. The molecule has 3 N–H and O–H groups in total. The van der Waals surface area contributed by atoms with E-state index in [9.17, 15) is 0 Å². The Bertz CT molecular complexity index is 267. The lowest BCUT2D eigenvalue weighted by Gasteiger charge is -2.09. The Labute approximate surface area is 77.3 Å². The van der Waals surface area contributed by atoms with Gasteiger partial charge in [0.2, 0.25) is 0 Å². The van der Waals surface area contributed by atoms with E-state index in [1.165, 1.54) is 0 Å². The molecule has 0 amide bonds. The largest absolute Gasteiger partial charge is 0.707 e. The molecule has 5 heteroatoms. The summed E-state index contributed by atoms with van der Waals surface area (Å²) in [5.74, 6) is 0.479. The third-order valence-corrected chi connectivity index (χ3v) is 1.57. The minimum Gasteiger partial charge on any atom is -0.512 e. The number of para-hydroxylation sites is 1. The van der Waals surface area contributed by atoms with Gasteiger partial charge in [-0.25, -0.2) is 0 Å². The number of hydrogen-bond donors (Lipinski definition) is 3. The highest BCUT2D eigenvalue weighted by Crippen LogP contribution is 2.17. The van der Waals surface area contributed by atoms with Crippen molar-refractivity contribution in [2.24, 2.45) is 0 Å². The maximum absolute atomic E-state index is 8.61. The van der Waals surface area contributed by atoms with Crippen molar-refractivity contribution in [2.45, 2.75) is 6.54 Å². The Hall–Kier alpha value is -1.04. The van der Waals surface area contributed by atoms with Gasteiger partial charge in [-0.05, 0) is 13.1 Å². The zero-order chi connectivity index (χ0) is 9.68. The second-order valence-electron chi connectivity index (χ2n) is 2.58. The van der Waals surface area contributed by atoms with Crippen molar-refractivity contribution < 1.29 is 14.7 Å². The first-order valence-corrected chi connectivity index (χ1v) is 3.99. The predicted octanol–water partition coefficient (Wildman–Crippen LogP) is -0.246. The highest BCUT2D eigenvalue weighted by atomic mass is 16.6. The van der Waals surface area contributed by atoms with Gasteiger partial charge in [0.15, 0.2) is 0 Å². The smallest absolute Gasteiger partial charge is 0.512 e. The van der Waals surface area contributed by atoms with E-state index in [1.54, 1.807) is 12.1 Å². The zero-order valence-electron chi connectivity index (χ0n) is 7.40. The molecule has 0 heterocycles. The molecule has 1 rings (SSSR count). The molecule has 70 valence electrons. The van der Waals surface area contributed by atoms with E-state index in [2.05, 4.69) is 5.32 Å². The Balaban J connectivity index is 2.78. The molecule has 0 saturated heterocycles. The normalized spacial score (nSPS) is 9.77. The van der Waals surface area contributed by atoms with Crippen molar-refractivity contribution >= 4 is 7.32 Å². The lowest BCUT2D eigenvalue weighted by molar-refractivity contribution is 0.286. The van der Waals surface area contributed by atoms with Crippen molar-refractivity contribution in [1.82, 2.24) is 5.32 Å². The van der Waals surface area contributed by atoms with Crippen molar-refractivity contribution in [3.05, 3.63) is 29.8 Å². The molecule has 13 heavy (non-hydrogen) atoms. The fourth-order valence-corrected chi connectivity index (χ4v) is 1.07. The monoisotopic (exact) mass is 181 g/mol. The standard InChI is InChI=1S/C8H12BNO3/c1-10-6-7-4-2-3-5-8(7)13-9(11)12/h2-5,10-12H,6H2,1H3. The number of hydrogen-bond acceptors (Lipinski definition) is 4. The minimum absolute atomic E-state index is 0.479. The van der Waals surface area contributed by atoms with Gasteiger partial charge in [-0.1, -0.05) is 18.2 Å². The second kappa shape index (κ2) is 4.86. The number of nitrogens with one attached hydrogen (secondary N) is 1. The fraction of sp³-hybridized carbons (Fsp3) is 0.250. The van der Waals surface area contributed by atoms with Crippen LogP contribution in [0.2, 0.25) is 0 Å². The summed E-state index contributed by atoms with van der Waals surface area (Å²) in [5, 5.41) is 20.2. The average molecular weight is 181 g/mol. The minimum atomic E-state index is -1.77. The van der Waals surface area contributed by atoms with Crippen molar-refractivity contribution in [1.29, 1.82) is 0 Å². The van der Waals surface area contributed by atoms with E-state index in [1.807, 2.05) is 19.2 Å². The second-order valence-corrected chi connectivity index (χ2v) is 2.58. The summed E-state index contributed by atoms with van der Waals surface area (Å²) in [4.78, 5) is 0. The summed E-state index contributed by atoms with van der Waals surface area (Å²) < 4.78 is 4.77. The molecule has 1 aromatic rings. The van der Waals surface area contributed by atoms with Crippen LogP contribution in [0.5, 0.6) is 5.75 Å². The SMILES string of the molecule is CNCc1ccccc1OB(O)O. The maximum Gasteiger partial charge on any atom is 0.707 e. The first-order chi connectivity index (χ1) is 6.24. The van der Waals surface area contributed by atoms with Gasteiger partial charge >= 0.3 is 7.32 Å². The van der Waals surface area contributed by atoms with Gasteiger partial charge in [0.25, 0.3) is 0 Å². The summed E-state index contributed by atoms with van der Waals surface area (Å²) in [5.41, 5.74) is 0.887. The van der Waals surface area contributed by atoms with E-state index in [0.29, 0.717) is 12.3 Å². The number of rotatable bonds is 4. The lowest BCUT2D eigenvalue weighted by atomic mass is 10.1. The van der Waals surface area contributed by atoms with Crippen LogP contribution in [0.3, 0.4) is 0 Å². The van der Waals surface area contributed by atoms with Crippen LogP contribution in [0.15, 0.2) is 24.3 Å². The number of benzene rings is 1. The van der Waals surface area contributed by atoms with Gasteiger partial charge in [-0.3, -0.25) is 0 Å². The molecule has 0 unspecified atom stereocenters. The Morgan fingerprint density at radius 1 is 1.38 bits per heavy atom. The molecule has 1 aromatic carbocycles. The molecule has 0 aliphatic rings. The van der Waals surface area contributed by atoms with Crippen LogP contribution in [0.1, 0.15) is 5.56 Å². The highest BCUT2D eigenvalue weighted by molar-refractivity contribution is 6.33. The molecular formula is C8H12BNO3. The summed E-state index contributed by atoms with van der Waals surface area (Å²) >= 11 is 0. The van der Waals surface area contributed by atoms with Gasteiger partial charge in [0, 0.05) is 12.1 Å². The van der Waals surface area contributed by atoms with Crippen LogP contribution in [0.4, 0.5) is 0 Å². The average Bonchev–Trinajstić information content (AvgIpc) is 2.08. The van der Waals surface area contributed by atoms with Gasteiger partial charge in [0.05, 0.1) is 0 Å². The van der Waals surface area contributed by atoms with Gasteiger partial charge in [-0.2, -0.15) is 0 Å². The topological polar surface area (TPSA) is 61.7 Å². The molecule has 4 nitrogen and oxygen atoms in total. The van der Waals surface area contributed by atoms with E-state index in [4.69, 9.17) is 14.7 Å². The molecule has 0 radical (unpaired) electrons. The summed E-state index contributed by atoms with van der Waals surface area (Å²) in [6, 6.07) is 7.18. The van der Waals surface area contributed by atoms with Crippen LogP contribution in [0.25, 0.3) is 0 Å². The molecule has 0 fully saturated rings. The van der Waals surface area contributed by atoms with E-state index < -0.39 is 7.32 Å². The van der Waals surface area contributed by atoms with E-state index in [0.717, 1.165) is 5.56 Å². The summed E-state index contributed by atoms with van der Waals surface area (Å²) in [6.07, 6.45) is 0. The molecule has 0 atom stereocenters. The first kappa shape index (κ1) is 10.0. The van der Waals surface area contributed by atoms with Crippen LogP contribution in [-0.4, -0.2) is 24.4 Å². The van der Waals surface area contributed by atoms with Crippen LogP contribution < -0.4 is 9.97 Å². The Morgan fingerprint density at radius 2 is 2.08 bits per heavy atom. The van der Waals surface area contributed by atoms with E-state index >= 15 is 0 Å². The molecule has 0 spiro atoms. The summed E-state index contributed by atoms with van der Waals surface area (Å²) in [6.45, 7) is 0.628. The molecule has 0 bridgehead atoms. The van der Waals surface area contributed by atoms with Gasteiger partial charge < -0.3 is 20.0 Å². The molecule has 0 aromatic heterocycles. The van der Waals surface area contributed by atoms with E-state index in [-0.39, 0.29) is 0 Å². The molecule has 0 saturated carbocycles.